The highest BCUT2D eigenvalue weighted by molar-refractivity contribution is 9.10. The maximum absolute atomic E-state index is 10.7. The SMILES string of the molecule is Oc1ccc2ccccc2c1Oc1ccc2ccccc2c1Oc1ccc2ccccc2c1Br. The third kappa shape index (κ3) is 3.53. The molecule has 3 nitrogen and oxygen atoms in total. The standard InChI is InChI=1S/C30H19BrO3/c31-28-22-10-4-1-7-19(22)14-17-26(28)33-30-24-12-6-3-9-21(24)15-18-27(30)34-29-23-11-5-2-8-20(23)13-16-25(29)32/h1-18,32H. The summed E-state index contributed by atoms with van der Waals surface area (Å²) in [5, 5.41) is 16.6. The third-order valence-corrected chi connectivity index (χ3v) is 6.77. The number of phenolic OH excluding ortho intramolecular Hbond substituents is 1. The average Bonchev–Trinajstić information content (AvgIpc) is 2.88. The van der Waals surface area contributed by atoms with Gasteiger partial charge >= 0.3 is 0 Å². The summed E-state index contributed by atoms with van der Waals surface area (Å²) in [4.78, 5) is 0. The van der Waals surface area contributed by atoms with Crippen molar-refractivity contribution in [2.75, 3.05) is 0 Å². The lowest BCUT2D eigenvalue weighted by molar-refractivity contribution is 0.394. The number of fused-ring (bicyclic) bond motifs is 3. The fraction of sp³-hybridized carbons (Fsp3) is 0. The topological polar surface area (TPSA) is 38.7 Å². The van der Waals surface area contributed by atoms with Crippen molar-refractivity contribution in [3.05, 3.63) is 114 Å². The second kappa shape index (κ2) is 8.40. The van der Waals surface area contributed by atoms with Crippen molar-refractivity contribution in [1.82, 2.24) is 0 Å². The maximum atomic E-state index is 10.7. The molecule has 0 aliphatic carbocycles. The quantitative estimate of drug-likeness (QED) is 0.259. The van der Waals surface area contributed by atoms with Crippen molar-refractivity contribution in [2.24, 2.45) is 0 Å². The molecule has 0 fully saturated rings. The normalized spacial score (nSPS) is 11.2. The van der Waals surface area contributed by atoms with E-state index in [-0.39, 0.29) is 5.75 Å². The minimum atomic E-state index is 0.0738. The fourth-order valence-electron chi connectivity index (χ4n) is 4.26. The van der Waals surface area contributed by atoms with Crippen molar-refractivity contribution >= 4 is 48.2 Å². The molecule has 0 aromatic heterocycles. The Morgan fingerprint density at radius 2 is 0.941 bits per heavy atom. The number of halogens is 1. The van der Waals surface area contributed by atoms with Gasteiger partial charge in [0.2, 0.25) is 0 Å². The van der Waals surface area contributed by atoms with Crippen LogP contribution < -0.4 is 9.47 Å². The van der Waals surface area contributed by atoms with E-state index in [1.165, 1.54) is 0 Å². The van der Waals surface area contributed by atoms with E-state index in [0.717, 1.165) is 36.8 Å². The lowest BCUT2D eigenvalue weighted by atomic mass is 10.1. The van der Waals surface area contributed by atoms with Gasteiger partial charge in [-0.05, 0) is 55.7 Å². The first kappa shape index (κ1) is 20.6. The van der Waals surface area contributed by atoms with Crippen molar-refractivity contribution in [3.63, 3.8) is 0 Å². The van der Waals surface area contributed by atoms with Crippen molar-refractivity contribution in [1.29, 1.82) is 0 Å². The molecule has 6 rings (SSSR count). The summed E-state index contributed by atoms with van der Waals surface area (Å²) in [6.45, 7) is 0. The summed E-state index contributed by atoms with van der Waals surface area (Å²) in [7, 11) is 0. The molecular weight excluding hydrogens is 488 g/mol. The summed E-state index contributed by atoms with van der Waals surface area (Å²) < 4.78 is 13.8. The zero-order valence-electron chi connectivity index (χ0n) is 18.0. The monoisotopic (exact) mass is 506 g/mol. The molecule has 0 heterocycles. The molecule has 4 heteroatoms. The molecule has 6 aromatic carbocycles. The Hall–Kier alpha value is -4.02. The molecule has 1 N–H and O–H groups in total. The Morgan fingerprint density at radius 1 is 0.471 bits per heavy atom. The van der Waals surface area contributed by atoms with Gasteiger partial charge in [-0.15, -0.1) is 0 Å². The fourth-order valence-corrected chi connectivity index (χ4v) is 4.83. The van der Waals surface area contributed by atoms with Crippen LogP contribution in [0, 0.1) is 0 Å². The van der Waals surface area contributed by atoms with Crippen molar-refractivity contribution in [3.8, 4) is 28.7 Å². The van der Waals surface area contributed by atoms with Gasteiger partial charge in [0.05, 0.1) is 4.47 Å². The molecule has 0 radical (unpaired) electrons. The van der Waals surface area contributed by atoms with Crippen LogP contribution in [-0.2, 0) is 0 Å². The smallest absolute Gasteiger partial charge is 0.177 e. The molecule has 0 bridgehead atoms. The first-order chi connectivity index (χ1) is 16.7. The molecule has 0 unspecified atom stereocenters. The summed E-state index contributed by atoms with van der Waals surface area (Å²) in [6, 6.07) is 35.4. The second-order valence-electron chi connectivity index (χ2n) is 8.05. The van der Waals surface area contributed by atoms with E-state index < -0.39 is 0 Å². The first-order valence-electron chi connectivity index (χ1n) is 10.9. The van der Waals surface area contributed by atoms with E-state index in [2.05, 4.69) is 28.1 Å². The van der Waals surface area contributed by atoms with Gasteiger partial charge in [0.1, 0.15) is 5.75 Å². The van der Waals surface area contributed by atoms with Gasteiger partial charge in [0, 0.05) is 10.8 Å². The number of ether oxygens (including phenoxy) is 2. The van der Waals surface area contributed by atoms with Gasteiger partial charge in [0.15, 0.2) is 23.0 Å². The number of hydrogen-bond donors (Lipinski definition) is 1. The molecule has 0 spiro atoms. The molecule has 0 aliphatic rings. The predicted molar refractivity (Wildman–Crippen MR) is 141 cm³/mol. The minimum Gasteiger partial charge on any atom is -0.504 e. The minimum absolute atomic E-state index is 0.0738. The Labute approximate surface area is 204 Å². The maximum Gasteiger partial charge on any atom is 0.177 e. The third-order valence-electron chi connectivity index (χ3n) is 5.95. The Bertz CT molecular complexity index is 1690. The highest BCUT2D eigenvalue weighted by Crippen LogP contribution is 2.46. The molecule has 0 aliphatic heterocycles. The summed E-state index contributed by atoms with van der Waals surface area (Å²) in [5.41, 5.74) is 0. The first-order valence-corrected chi connectivity index (χ1v) is 11.7. The van der Waals surface area contributed by atoms with E-state index in [0.29, 0.717) is 23.0 Å². The van der Waals surface area contributed by atoms with Crippen LogP contribution in [0.5, 0.6) is 28.7 Å². The number of hydrogen-bond acceptors (Lipinski definition) is 3. The number of rotatable bonds is 4. The van der Waals surface area contributed by atoms with Crippen molar-refractivity contribution < 1.29 is 14.6 Å². The average molecular weight is 507 g/mol. The summed E-state index contributed by atoms with van der Waals surface area (Å²) in [5.74, 6) is 2.26. The van der Waals surface area contributed by atoms with Gasteiger partial charge in [0.25, 0.3) is 0 Å². The second-order valence-corrected chi connectivity index (χ2v) is 8.84. The molecule has 0 saturated heterocycles. The summed E-state index contributed by atoms with van der Waals surface area (Å²) >= 11 is 3.73. The highest BCUT2D eigenvalue weighted by atomic mass is 79.9. The van der Waals surface area contributed by atoms with Crippen LogP contribution >= 0.6 is 15.9 Å². The lowest BCUT2D eigenvalue weighted by Crippen LogP contribution is -1.94. The number of aromatic hydroxyl groups is 1. The molecule has 6 aromatic rings. The largest absolute Gasteiger partial charge is 0.504 e. The molecule has 164 valence electrons. The molecule has 0 saturated carbocycles. The van der Waals surface area contributed by atoms with Crippen molar-refractivity contribution in [2.45, 2.75) is 0 Å². The van der Waals surface area contributed by atoms with E-state index in [1.54, 1.807) is 6.07 Å². The highest BCUT2D eigenvalue weighted by Gasteiger charge is 2.17. The Kier molecular flexibility index (Phi) is 5.08. The molecular formula is C30H19BrO3. The zero-order valence-corrected chi connectivity index (χ0v) is 19.6. The van der Waals surface area contributed by atoms with Gasteiger partial charge in [-0.25, -0.2) is 0 Å². The van der Waals surface area contributed by atoms with Gasteiger partial charge in [-0.3, -0.25) is 0 Å². The van der Waals surface area contributed by atoms with Crippen LogP contribution in [0.15, 0.2) is 114 Å². The number of benzene rings is 6. The Balaban J connectivity index is 1.53. The van der Waals surface area contributed by atoms with Crippen LogP contribution in [0.1, 0.15) is 0 Å². The van der Waals surface area contributed by atoms with Crippen LogP contribution in [0.3, 0.4) is 0 Å². The van der Waals surface area contributed by atoms with Gasteiger partial charge in [-0.2, -0.15) is 0 Å². The van der Waals surface area contributed by atoms with E-state index in [1.807, 2.05) is 91.0 Å². The van der Waals surface area contributed by atoms with Crippen LogP contribution in [0.25, 0.3) is 32.3 Å². The van der Waals surface area contributed by atoms with Gasteiger partial charge in [-0.1, -0.05) is 91.0 Å². The Morgan fingerprint density at radius 3 is 1.62 bits per heavy atom. The number of phenols is 1. The zero-order chi connectivity index (χ0) is 23.1. The predicted octanol–water partition coefficient (Wildman–Crippen LogP) is 9.20. The van der Waals surface area contributed by atoms with Crippen LogP contribution in [0.2, 0.25) is 0 Å². The van der Waals surface area contributed by atoms with Crippen LogP contribution in [0.4, 0.5) is 0 Å². The van der Waals surface area contributed by atoms with E-state index in [4.69, 9.17) is 9.47 Å². The summed E-state index contributed by atoms with van der Waals surface area (Å²) in [6.07, 6.45) is 0. The molecule has 34 heavy (non-hydrogen) atoms. The molecule has 0 amide bonds. The van der Waals surface area contributed by atoms with Gasteiger partial charge < -0.3 is 14.6 Å². The van der Waals surface area contributed by atoms with E-state index >= 15 is 0 Å². The lowest BCUT2D eigenvalue weighted by Gasteiger charge is -2.18. The van der Waals surface area contributed by atoms with E-state index in [9.17, 15) is 5.11 Å². The molecule has 0 atom stereocenters. The van der Waals surface area contributed by atoms with Crippen LogP contribution in [-0.4, -0.2) is 5.11 Å².